The molecular weight excluding hydrogens is 552 g/mol. The van der Waals surface area contributed by atoms with Crippen molar-refractivity contribution in [1.29, 1.82) is 0 Å². The van der Waals surface area contributed by atoms with Gasteiger partial charge in [-0.15, -0.1) is 0 Å². The van der Waals surface area contributed by atoms with Gasteiger partial charge in [-0.25, -0.2) is 9.78 Å². The molecule has 10 nitrogen and oxygen atoms in total. The average Bonchev–Trinajstić information content (AvgIpc) is 3.37. The molecule has 11 heteroatoms. The first-order chi connectivity index (χ1) is 20.4. The normalized spacial score (nSPS) is 15.2. The Morgan fingerprint density at radius 3 is 2.43 bits per heavy atom. The molecule has 1 N–H and O–H groups in total. The first-order valence-corrected chi connectivity index (χ1v) is 15.6. The van der Waals surface area contributed by atoms with Crippen LogP contribution in [-0.2, 0) is 13.1 Å². The molecule has 0 bridgehead atoms. The fraction of sp³-hybridized carbons (Fsp3) is 0.387. The molecule has 1 saturated heterocycles. The van der Waals surface area contributed by atoms with Crippen LogP contribution in [0, 0.1) is 0 Å². The highest BCUT2D eigenvalue weighted by Gasteiger charge is 2.31. The Bertz CT molecular complexity index is 1600. The first-order valence-electron chi connectivity index (χ1n) is 14.3. The number of ketones is 1. The standard InChI is InChI=1S/C31H36N6O4S/c1-3-4-18-35(31(40)41)24-16-11-17-34(20-24)29-32-27-26(36(29)19-22-12-7-5-8-13-22)28(39)37(30(33-27)42-2)21-25(38)23-14-9-6-10-15-23/h5-10,12-15,24H,3-4,11,16-21H2,1-2H3,(H,40,41). The second-order valence-corrected chi connectivity index (χ2v) is 11.3. The van der Waals surface area contributed by atoms with E-state index >= 15 is 0 Å². The van der Waals surface area contributed by atoms with Gasteiger partial charge in [-0.2, -0.15) is 4.98 Å². The topological polar surface area (TPSA) is 114 Å². The summed E-state index contributed by atoms with van der Waals surface area (Å²) < 4.78 is 3.32. The van der Waals surface area contributed by atoms with Gasteiger partial charge in [0, 0.05) is 25.2 Å². The molecule has 5 rings (SSSR count). The number of aromatic nitrogens is 4. The Labute approximate surface area is 249 Å². The summed E-state index contributed by atoms with van der Waals surface area (Å²) in [5, 5.41) is 10.4. The number of amides is 1. The molecule has 3 heterocycles. The average molecular weight is 589 g/mol. The summed E-state index contributed by atoms with van der Waals surface area (Å²) >= 11 is 1.30. The molecule has 220 valence electrons. The molecule has 0 aliphatic carbocycles. The summed E-state index contributed by atoms with van der Waals surface area (Å²) in [6, 6.07) is 18.6. The molecule has 1 amide bonds. The smallest absolute Gasteiger partial charge is 0.407 e. The number of benzene rings is 2. The number of unbranched alkanes of at least 4 members (excludes halogenated alkanes) is 1. The monoisotopic (exact) mass is 588 g/mol. The van der Waals surface area contributed by atoms with Crippen LogP contribution in [0.25, 0.3) is 11.2 Å². The van der Waals surface area contributed by atoms with Crippen molar-refractivity contribution in [3.63, 3.8) is 0 Å². The summed E-state index contributed by atoms with van der Waals surface area (Å²) in [5.41, 5.74) is 1.84. The lowest BCUT2D eigenvalue weighted by atomic mass is 10.0. The molecule has 42 heavy (non-hydrogen) atoms. The van der Waals surface area contributed by atoms with Gasteiger partial charge < -0.3 is 14.9 Å². The highest BCUT2D eigenvalue weighted by Crippen LogP contribution is 2.27. The number of thioether (sulfide) groups is 1. The third-order valence-corrected chi connectivity index (χ3v) is 8.37. The van der Waals surface area contributed by atoms with Gasteiger partial charge in [0.05, 0.1) is 19.1 Å². The predicted octanol–water partition coefficient (Wildman–Crippen LogP) is 5.00. The van der Waals surface area contributed by atoms with Crippen LogP contribution in [0.1, 0.15) is 48.5 Å². The van der Waals surface area contributed by atoms with E-state index < -0.39 is 6.09 Å². The zero-order valence-corrected chi connectivity index (χ0v) is 24.8. The molecule has 1 fully saturated rings. The fourth-order valence-electron chi connectivity index (χ4n) is 5.55. The van der Waals surface area contributed by atoms with E-state index in [-0.39, 0.29) is 23.9 Å². The molecule has 0 saturated carbocycles. The maximum absolute atomic E-state index is 14.2. The molecule has 2 aromatic heterocycles. The zero-order chi connectivity index (χ0) is 29.6. The zero-order valence-electron chi connectivity index (χ0n) is 24.0. The minimum absolute atomic E-state index is 0.134. The molecule has 2 aromatic carbocycles. The lowest BCUT2D eigenvalue weighted by Crippen LogP contribution is -2.50. The number of rotatable bonds is 11. The largest absolute Gasteiger partial charge is 0.465 e. The number of hydrogen-bond acceptors (Lipinski definition) is 7. The number of fused-ring (bicyclic) bond motifs is 1. The van der Waals surface area contributed by atoms with Crippen molar-refractivity contribution >= 4 is 40.8 Å². The third kappa shape index (κ3) is 6.20. The van der Waals surface area contributed by atoms with Crippen LogP contribution in [0.3, 0.4) is 0 Å². The summed E-state index contributed by atoms with van der Waals surface area (Å²) in [6.07, 6.45) is 4.20. The Hall–Kier alpha value is -4.12. The van der Waals surface area contributed by atoms with Crippen LogP contribution in [0.15, 0.2) is 70.6 Å². The predicted molar refractivity (Wildman–Crippen MR) is 165 cm³/mol. The minimum Gasteiger partial charge on any atom is -0.465 e. The quantitative estimate of drug-likeness (QED) is 0.148. The highest BCUT2D eigenvalue weighted by molar-refractivity contribution is 7.98. The van der Waals surface area contributed by atoms with E-state index in [1.807, 2.05) is 47.2 Å². The van der Waals surface area contributed by atoms with Gasteiger partial charge in [-0.3, -0.25) is 18.7 Å². The van der Waals surface area contributed by atoms with E-state index in [0.29, 0.717) is 54.0 Å². The van der Waals surface area contributed by atoms with Crippen molar-refractivity contribution in [2.45, 2.75) is 56.9 Å². The maximum atomic E-state index is 14.2. The number of carboxylic acid groups (broad SMARTS) is 1. The van der Waals surface area contributed by atoms with Crippen molar-refractivity contribution in [3.05, 3.63) is 82.1 Å². The van der Waals surface area contributed by atoms with Crippen molar-refractivity contribution in [2.24, 2.45) is 0 Å². The molecule has 1 aliphatic heterocycles. The Morgan fingerprint density at radius 2 is 1.76 bits per heavy atom. The number of nitrogens with zero attached hydrogens (tertiary/aromatic N) is 6. The van der Waals surface area contributed by atoms with Gasteiger partial charge >= 0.3 is 6.09 Å². The molecule has 4 aromatic rings. The van der Waals surface area contributed by atoms with E-state index in [0.717, 1.165) is 31.2 Å². The van der Waals surface area contributed by atoms with E-state index in [4.69, 9.17) is 9.97 Å². The Balaban J connectivity index is 1.59. The fourth-order valence-corrected chi connectivity index (χ4v) is 6.09. The minimum atomic E-state index is -0.912. The summed E-state index contributed by atoms with van der Waals surface area (Å²) in [5.74, 6) is 0.409. The van der Waals surface area contributed by atoms with Crippen molar-refractivity contribution in [3.8, 4) is 0 Å². The molecule has 0 radical (unpaired) electrons. The maximum Gasteiger partial charge on any atom is 0.407 e. The van der Waals surface area contributed by atoms with Gasteiger partial charge in [0.2, 0.25) is 5.95 Å². The lowest BCUT2D eigenvalue weighted by molar-refractivity contribution is 0.0966. The van der Waals surface area contributed by atoms with Crippen LogP contribution in [-0.4, -0.2) is 72.9 Å². The third-order valence-electron chi connectivity index (χ3n) is 7.69. The number of carbonyl (C=O) groups is 2. The van der Waals surface area contributed by atoms with E-state index in [1.54, 1.807) is 29.2 Å². The second kappa shape index (κ2) is 13.2. The number of Topliss-reactive ketones (excluding diaryl/α,β-unsaturated/α-hetero) is 1. The van der Waals surface area contributed by atoms with Gasteiger partial charge in [-0.1, -0.05) is 85.8 Å². The Morgan fingerprint density at radius 1 is 1.05 bits per heavy atom. The van der Waals surface area contributed by atoms with Crippen LogP contribution in [0.5, 0.6) is 0 Å². The summed E-state index contributed by atoms with van der Waals surface area (Å²) in [6.45, 7) is 3.95. The van der Waals surface area contributed by atoms with E-state index in [2.05, 4.69) is 11.8 Å². The number of carbonyl (C=O) groups excluding carboxylic acids is 1. The molecule has 1 aliphatic rings. The molecule has 0 spiro atoms. The van der Waals surface area contributed by atoms with Crippen LogP contribution in [0.2, 0.25) is 0 Å². The van der Waals surface area contributed by atoms with Crippen molar-refractivity contribution < 1.29 is 14.7 Å². The van der Waals surface area contributed by atoms with E-state index in [1.165, 1.54) is 16.3 Å². The first kappa shape index (κ1) is 29.4. The number of hydrogen-bond donors (Lipinski definition) is 1. The second-order valence-electron chi connectivity index (χ2n) is 10.5. The molecular formula is C31H36N6O4S. The van der Waals surface area contributed by atoms with Gasteiger partial charge in [0.25, 0.3) is 5.56 Å². The number of piperidine rings is 1. The van der Waals surface area contributed by atoms with Crippen LogP contribution >= 0.6 is 11.8 Å². The highest BCUT2D eigenvalue weighted by atomic mass is 32.2. The van der Waals surface area contributed by atoms with Crippen LogP contribution < -0.4 is 10.5 Å². The van der Waals surface area contributed by atoms with Crippen molar-refractivity contribution in [2.75, 3.05) is 30.8 Å². The van der Waals surface area contributed by atoms with Crippen molar-refractivity contribution in [1.82, 2.24) is 24.0 Å². The molecule has 1 unspecified atom stereocenters. The van der Waals surface area contributed by atoms with Gasteiger partial charge in [0.15, 0.2) is 22.1 Å². The van der Waals surface area contributed by atoms with Gasteiger partial charge in [-0.05, 0) is 31.1 Å². The number of anilines is 1. The molecule has 1 atom stereocenters. The lowest BCUT2D eigenvalue weighted by Gasteiger charge is -2.38. The van der Waals surface area contributed by atoms with Crippen LogP contribution in [0.4, 0.5) is 10.7 Å². The van der Waals surface area contributed by atoms with Gasteiger partial charge in [0.1, 0.15) is 0 Å². The summed E-state index contributed by atoms with van der Waals surface area (Å²) in [4.78, 5) is 52.7. The Kier molecular flexibility index (Phi) is 9.26. The SMILES string of the molecule is CCCCN(C(=O)O)C1CCCN(c2nc3nc(SC)n(CC(=O)c4ccccc4)c(=O)c3n2Cc2ccccc2)C1. The number of imidazole rings is 1. The summed E-state index contributed by atoms with van der Waals surface area (Å²) in [7, 11) is 0. The van der Waals surface area contributed by atoms with E-state index in [9.17, 15) is 19.5 Å².